The molecule has 1 unspecified atom stereocenters. The van der Waals surface area contributed by atoms with Crippen LogP contribution >= 0.6 is 0 Å². The van der Waals surface area contributed by atoms with Gasteiger partial charge < -0.3 is 9.59 Å². The fraction of sp³-hybridized carbons (Fsp3) is 1.00. The van der Waals surface area contributed by atoms with E-state index in [0.29, 0.717) is 0 Å². The monoisotopic (exact) mass is 230 g/mol. The summed E-state index contributed by atoms with van der Waals surface area (Å²) in [5.41, 5.74) is 0. The summed E-state index contributed by atoms with van der Waals surface area (Å²) in [6.07, 6.45) is 10.6. The van der Waals surface area contributed by atoms with Crippen molar-refractivity contribution in [2.24, 2.45) is 0 Å². The number of unbranched alkanes of at least 4 members (excludes halogenated alkanes) is 7. The summed E-state index contributed by atoms with van der Waals surface area (Å²) in [5.74, 6) is 0. The first kappa shape index (κ1) is 15.9. The van der Waals surface area contributed by atoms with E-state index in [4.69, 9.17) is 0 Å². The lowest BCUT2D eigenvalue weighted by Gasteiger charge is -2.32. The second kappa shape index (κ2) is 9.00. The Morgan fingerprint density at radius 3 is 1.75 bits per heavy atom. The van der Waals surface area contributed by atoms with Crippen LogP contribution in [0, 0.1) is 0 Å². The summed E-state index contributed by atoms with van der Waals surface area (Å²) in [5, 5.41) is 9.55. The minimum atomic E-state index is -0.246. The van der Waals surface area contributed by atoms with Gasteiger partial charge in [0.25, 0.3) is 0 Å². The van der Waals surface area contributed by atoms with Gasteiger partial charge in [-0.2, -0.15) is 0 Å². The number of aliphatic hydroxyl groups excluding tert-OH is 1. The molecule has 0 aromatic carbocycles. The van der Waals surface area contributed by atoms with Crippen LogP contribution in [0.5, 0.6) is 0 Å². The molecule has 0 radical (unpaired) electrons. The van der Waals surface area contributed by atoms with Gasteiger partial charge in [0.15, 0.2) is 6.23 Å². The molecule has 0 aliphatic carbocycles. The summed E-state index contributed by atoms with van der Waals surface area (Å²) in [4.78, 5) is 0. The lowest BCUT2D eigenvalue weighted by Crippen LogP contribution is -2.47. The highest BCUT2D eigenvalue weighted by atomic mass is 16.3. The van der Waals surface area contributed by atoms with Gasteiger partial charge in [0.1, 0.15) is 0 Å². The smallest absolute Gasteiger partial charge is 0.187 e. The predicted molar refractivity (Wildman–Crippen MR) is 71.3 cm³/mol. The third-order valence-corrected chi connectivity index (χ3v) is 3.60. The average molecular weight is 230 g/mol. The van der Waals surface area contributed by atoms with E-state index in [0.717, 1.165) is 11.0 Å². The number of nitrogens with zero attached hydrogens (tertiary/aromatic N) is 1. The van der Waals surface area contributed by atoms with Gasteiger partial charge in [0, 0.05) is 6.92 Å². The molecule has 0 rings (SSSR count). The Kier molecular flexibility index (Phi) is 8.96. The number of rotatable bonds is 10. The highest BCUT2D eigenvalue weighted by molar-refractivity contribution is 4.46. The average Bonchev–Trinajstić information content (AvgIpc) is 2.21. The minimum absolute atomic E-state index is 0.246. The third-order valence-electron chi connectivity index (χ3n) is 3.60. The van der Waals surface area contributed by atoms with Gasteiger partial charge in [0.05, 0.1) is 20.6 Å². The van der Waals surface area contributed by atoms with Crippen molar-refractivity contribution in [3.8, 4) is 0 Å². The maximum absolute atomic E-state index is 9.55. The van der Waals surface area contributed by atoms with E-state index in [-0.39, 0.29) is 6.23 Å². The molecule has 2 nitrogen and oxygen atoms in total. The molecule has 0 aliphatic rings. The molecule has 0 fully saturated rings. The van der Waals surface area contributed by atoms with Gasteiger partial charge in [-0.1, -0.05) is 45.4 Å². The number of hydrogen-bond acceptors (Lipinski definition) is 1. The van der Waals surface area contributed by atoms with E-state index < -0.39 is 0 Å². The van der Waals surface area contributed by atoms with Gasteiger partial charge in [-0.15, -0.1) is 0 Å². The molecule has 0 saturated heterocycles. The lowest BCUT2D eigenvalue weighted by molar-refractivity contribution is -0.934. The van der Waals surface area contributed by atoms with Crippen molar-refractivity contribution in [1.29, 1.82) is 0 Å². The van der Waals surface area contributed by atoms with Crippen molar-refractivity contribution in [3.05, 3.63) is 0 Å². The molecule has 0 bridgehead atoms. The minimum Gasteiger partial charge on any atom is -0.345 e. The van der Waals surface area contributed by atoms with Crippen molar-refractivity contribution in [2.45, 2.75) is 71.4 Å². The van der Waals surface area contributed by atoms with Gasteiger partial charge in [0.2, 0.25) is 0 Å². The van der Waals surface area contributed by atoms with Gasteiger partial charge in [-0.25, -0.2) is 0 Å². The van der Waals surface area contributed by atoms with E-state index >= 15 is 0 Å². The predicted octanol–water partition coefficient (Wildman–Crippen LogP) is 3.54. The van der Waals surface area contributed by atoms with Crippen molar-refractivity contribution >= 4 is 0 Å². The Labute approximate surface area is 102 Å². The summed E-state index contributed by atoms with van der Waals surface area (Å²) in [6.45, 7) is 5.23. The largest absolute Gasteiger partial charge is 0.345 e. The molecule has 98 valence electrons. The van der Waals surface area contributed by atoms with Crippen LogP contribution in [-0.2, 0) is 0 Å². The zero-order chi connectivity index (χ0) is 12.4. The SMILES string of the molecule is CCCCCCCCCC[N+](C)(C)C(C)O. The Morgan fingerprint density at radius 2 is 1.31 bits per heavy atom. The number of hydrogen-bond donors (Lipinski definition) is 1. The Morgan fingerprint density at radius 1 is 0.875 bits per heavy atom. The van der Waals surface area contributed by atoms with E-state index in [1.165, 1.54) is 51.4 Å². The molecule has 1 N–H and O–H groups in total. The number of aliphatic hydroxyl groups is 1. The molecular formula is C14H32NO+. The first-order valence-electron chi connectivity index (χ1n) is 7.01. The third kappa shape index (κ3) is 8.12. The van der Waals surface area contributed by atoms with Gasteiger partial charge in [-0.3, -0.25) is 0 Å². The topological polar surface area (TPSA) is 20.2 Å². The van der Waals surface area contributed by atoms with Crippen LogP contribution in [0.15, 0.2) is 0 Å². The Balaban J connectivity index is 3.27. The van der Waals surface area contributed by atoms with Crippen LogP contribution in [0.25, 0.3) is 0 Å². The standard InChI is InChI=1S/C14H32NO/c1-5-6-7-8-9-10-11-12-13-15(3,4)14(2)16/h14,16H,5-13H2,1-4H3/q+1. The first-order chi connectivity index (χ1) is 7.50. The first-order valence-corrected chi connectivity index (χ1v) is 7.01. The molecule has 0 spiro atoms. The highest BCUT2D eigenvalue weighted by Gasteiger charge is 2.19. The van der Waals surface area contributed by atoms with Crippen molar-refractivity contribution in [1.82, 2.24) is 0 Å². The summed E-state index contributed by atoms with van der Waals surface area (Å²) < 4.78 is 0.732. The van der Waals surface area contributed by atoms with Crippen LogP contribution in [0.3, 0.4) is 0 Å². The van der Waals surface area contributed by atoms with E-state index in [9.17, 15) is 5.11 Å². The van der Waals surface area contributed by atoms with Gasteiger partial charge in [-0.05, 0) is 12.8 Å². The second-order valence-corrected chi connectivity index (χ2v) is 5.61. The molecule has 0 saturated carbocycles. The maximum Gasteiger partial charge on any atom is 0.187 e. The molecule has 16 heavy (non-hydrogen) atoms. The van der Waals surface area contributed by atoms with Crippen LogP contribution in [0.4, 0.5) is 0 Å². The zero-order valence-electron chi connectivity index (χ0n) is 11.8. The normalized spacial score (nSPS) is 14.1. The summed E-state index contributed by atoms with van der Waals surface area (Å²) >= 11 is 0. The lowest BCUT2D eigenvalue weighted by atomic mass is 10.1. The molecule has 0 aromatic heterocycles. The van der Waals surface area contributed by atoms with Crippen molar-refractivity contribution in [2.75, 3.05) is 20.6 Å². The fourth-order valence-corrected chi connectivity index (χ4v) is 1.84. The molecule has 0 aromatic rings. The molecule has 2 heteroatoms. The number of quaternary nitrogens is 1. The molecule has 0 heterocycles. The van der Waals surface area contributed by atoms with E-state index in [1.54, 1.807) is 0 Å². The van der Waals surface area contributed by atoms with Crippen LogP contribution in [0.2, 0.25) is 0 Å². The zero-order valence-corrected chi connectivity index (χ0v) is 11.8. The van der Waals surface area contributed by atoms with Gasteiger partial charge >= 0.3 is 0 Å². The Hall–Kier alpha value is -0.0800. The van der Waals surface area contributed by atoms with Crippen LogP contribution < -0.4 is 0 Å². The fourth-order valence-electron chi connectivity index (χ4n) is 1.84. The van der Waals surface area contributed by atoms with Crippen LogP contribution in [-0.4, -0.2) is 36.5 Å². The van der Waals surface area contributed by atoms with E-state index in [2.05, 4.69) is 21.0 Å². The quantitative estimate of drug-likeness (QED) is 0.346. The van der Waals surface area contributed by atoms with Crippen molar-refractivity contribution in [3.63, 3.8) is 0 Å². The second-order valence-electron chi connectivity index (χ2n) is 5.61. The summed E-state index contributed by atoms with van der Waals surface area (Å²) in [7, 11) is 4.21. The van der Waals surface area contributed by atoms with E-state index in [1.807, 2.05) is 6.92 Å². The Bertz CT molecular complexity index is 155. The van der Waals surface area contributed by atoms with Crippen molar-refractivity contribution < 1.29 is 9.59 Å². The molecule has 0 amide bonds. The molecular weight excluding hydrogens is 198 g/mol. The molecule has 1 atom stereocenters. The van der Waals surface area contributed by atoms with Crippen LogP contribution in [0.1, 0.15) is 65.2 Å². The summed E-state index contributed by atoms with van der Waals surface area (Å²) in [6, 6.07) is 0. The maximum atomic E-state index is 9.55. The molecule has 0 aliphatic heterocycles. The highest BCUT2D eigenvalue weighted by Crippen LogP contribution is 2.11.